The predicted octanol–water partition coefficient (Wildman–Crippen LogP) is 3.42. The number of rotatable bonds is 3. The Morgan fingerprint density at radius 3 is 2.65 bits per heavy atom. The lowest BCUT2D eigenvalue weighted by molar-refractivity contribution is -0.133. The van der Waals surface area contributed by atoms with Crippen molar-refractivity contribution in [3.05, 3.63) is 23.5 Å². The minimum absolute atomic E-state index is 0.0686. The second kappa shape index (κ2) is 5.09. The third kappa shape index (κ3) is 2.80. The summed E-state index contributed by atoms with van der Waals surface area (Å²) < 4.78 is 15.6. The second-order valence-corrected chi connectivity index (χ2v) is 6.62. The summed E-state index contributed by atoms with van der Waals surface area (Å²) in [7, 11) is 0. The molecule has 0 amide bonds. The van der Waals surface area contributed by atoms with Crippen molar-refractivity contribution in [2.45, 2.75) is 38.4 Å². The lowest BCUT2D eigenvalue weighted by Gasteiger charge is -2.24. The number of aromatic nitrogens is 2. The summed E-state index contributed by atoms with van der Waals surface area (Å²) in [6, 6.07) is 3.16. The minimum atomic E-state index is -0.898. The molecule has 0 aliphatic carbocycles. The zero-order valence-electron chi connectivity index (χ0n) is 11.9. The average molecular weight is 296 g/mol. The molecule has 1 aromatic heterocycles. The summed E-state index contributed by atoms with van der Waals surface area (Å²) in [5.74, 6) is -1.27. The van der Waals surface area contributed by atoms with Crippen molar-refractivity contribution in [2.75, 3.05) is 5.75 Å². The summed E-state index contributed by atoms with van der Waals surface area (Å²) in [4.78, 5) is 15.1. The fraction of sp³-hybridized carbons (Fsp3) is 0.429. The van der Waals surface area contributed by atoms with Crippen molar-refractivity contribution >= 4 is 28.8 Å². The first-order valence-electron chi connectivity index (χ1n) is 6.24. The predicted molar refractivity (Wildman–Crippen MR) is 77.8 cm³/mol. The van der Waals surface area contributed by atoms with Gasteiger partial charge in [-0.05, 0) is 39.3 Å². The van der Waals surface area contributed by atoms with E-state index in [-0.39, 0.29) is 17.1 Å². The normalized spacial score (nSPS) is 12.1. The van der Waals surface area contributed by atoms with Gasteiger partial charge >= 0.3 is 5.97 Å². The molecule has 0 unspecified atom stereocenters. The monoisotopic (exact) mass is 296 g/mol. The summed E-state index contributed by atoms with van der Waals surface area (Å²) in [6.07, 6.45) is 0. The van der Waals surface area contributed by atoms with Crippen LogP contribution in [0.2, 0.25) is 0 Å². The van der Waals surface area contributed by atoms with E-state index in [0.29, 0.717) is 16.2 Å². The van der Waals surface area contributed by atoms with Gasteiger partial charge in [0.25, 0.3) is 0 Å². The van der Waals surface area contributed by atoms with Crippen molar-refractivity contribution < 1.29 is 14.3 Å². The lowest BCUT2D eigenvalue weighted by Crippen LogP contribution is -2.22. The van der Waals surface area contributed by atoms with E-state index in [1.54, 1.807) is 13.0 Å². The molecule has 2 rings (SSSR count). The van der Waals surface area contributed by atoms with E-state index in [0.717, 1.165) is 17.3 Å². The third-order valence-electron chi connectivity index (χ3n) is 2.90. The molecule has 0 saturated heterocycles. The van der Waals surface area contributed by atoms with E-state index < -0.39 is 5.97 Å². The number of carbonyl (C=O) groups is 1. The second-order valence-electron chi connectivity index (χ2n) is 5.67. The van der Waals surface area contributed by atoms with Gasteiger partial charge in [-0.2, -0.15) is 0 Å². The number of carboxylic acid groups (broad SMARTS) is 1. The third-order valence-corrected chi connectivity index (χ3v) is 3.82. The van der Waals surface area contributed by atoms with E-state index in [1.807, 2.05) is 25.3 Å². The van der Waals surface area contributed by atoms with Crippen molar-refractivity contribution in [2.24, 2.45) is 0 Å². The molecule has 4 nitrogen and oxygen atoms in total. The Hall–Kier alpha value is -1.56. The molecule has 108 valence electrons. The number of halogens is 1. The Morgan fingerprint density at radius 1 is 1.45 bits per heavy atom. The van der Waals surface area contributed by atoms with E-state index in [9.17, 15) is 9.18 Å². The van der Waals surface area contributed by atoms with E-state index in [2.05, 4.69) is 4.98 Å². The minimum Gasteiger partial charge on any atom is -0.481 e. The Bertz CT molecular complexity index is 674. The van der Waals surface area contributed by atoms with Gasteiger partial charge in [0.15, 0.2) is 5.16 Å². The molecular formula is C14H17FN2O2S. The average Bonchev–Trinajstić information content (AvgIpc) is 2.64. The van der Waals surface area contributed by atoms with Gasteiger partial charge in [-0.25, -0.2) is 9.37 Å². The molecule has 0 bridgehead atoms. The number of benzene rings is 1. The number of fused-ring (bicyclic) bond motifs is 1. The standard InChI is InChI=1S/C14H17FN2O2S/c1-8-5-11-10(6-9(8)15)16-13(20-7-12(18)19)17(11)14(2,3)4/h5-6H,7H2,1-4H3,(H,18,19). The molecule has 0 spiro atoms. The van der Waals surface area contributed by atoms with Gasteiger partial charge in [-0.3, -0.25) is 4.79 Å². The maximum atomic E-state index is 13.7. The van der Waals surface area contributed by atoms with E-state index >= 15 is 0 Å². The SMILES string of the molecule is Cc1cc2c(cc1F)nc(SCC(=O)O)n2C(C)(C)C. The smallest absolute Gasteiger partial charge is 0.313 e. The molecule has 1 aromatic carbocycles. The number of aryl methyl sites for hydroxylation is 1. The summed E-state index contributed by atoms with van der Waals surface area (Å²) in [5, 5.41) is 9.41. The van der Waals surface area contributed by atoms with Crippen LogP contribution in [0.5, 0.6) is 0 Å². The van der Waals surface area contributed by atoms with Crippen molar-refractivity contribution in [3.63, 3.8) is 0 Å². The van der Waals surface area contributed by atoms with Crippen LogP contribution in [0.15, 0.2) is 17.3 Å². The molecule has 6 heteroatoms. The molecule has 1 heterocycles. The first kappa shape index (κ1) is 14.8. The highest BCUT2D eigenvalue weighted by atomic mass is 32.2. The first-order chi connectivity index (χ1) is 9.20. The van der Waals surface area contributed by atoms with Crippen LogP contribution in [0.4, 0.5) is 4.39 Å². The molecule has 0 atom stereocenters. The molecule has 0 fully saturated rings. The van der Waals surface area contributed by atoms with Gasteiger partial charge in [0.2, 0.25) is 0 Å². The van der Waals surface area contributed by atoms with Gasteiger partial charge in [-0.15, -0.1) is 0 Å². The zero-order valence-corrected chi connectivity index (χ0v) is 12.7. The largest absolute Gasteiger partial charge is 0.481 e. The Kier molecular flexibility index (Phi) is 3.77. The van der Waals surface area contributed by atoms with Crippen molar-refractivity contribution in [1.29, 1.82) is 0 Å². The fourth-order valence-electron chi connectivity index (χ4n) is 2.05. The van der Waals surface area contributed by atoms with Crippen LogP contribution < -0.4 is 0 Å². The van der Waals surface area contributed by atoms with Gasteiger partial charge in [0.1, 0.15) is 5.82 Å². The fourth-order valence-corrected chi connectivity index (χ4v) is 2.97. The van der Waals surface area contributed by atoms with Gasteiger partial charge in [-0.1, -0.05) is 11.8 Å². The van der Waals surface area contributed by atoms with Crippen LogP contribution in [-0.2, 0) is 10.3 Å². The molecule has 0 aliphatic heterocycles. The van der Waals surface area contributed by atoms with Crippen LogP contribution in [0.1, 0.15) is 26.3 Å². The number of thioether (sulfide) groups is 1. The molecule has 0 aliphatic rings. The highest BCUT2D eigenvalue weighted by Crippen LogP contribution is 2.31. The van der Waals surface area contributed by atoms with Crippen LogP contribution in [-0.4, -0.2) is 26.4 Å². The highest BCUT2D eigenvalue weighted by Gasteiger charge is 2.23. The van der Waals surface area contributed by atoms with Gasteiger partial charge < -0.3 is 9.67 Å². The Morgan fingerprint density at radius 2 is 2.10 bits per heavy atom. The quantitative estimate of drug-likeness (QED) is 0.882. The summed E-state index contributed by atoms with van der Waals surface area (Å²) in [5.41, 5.74) is 1.66. The lowest BCUT2D eigenvalue weighted by atomic mass is 10.1. The van der Waals surface area contributed by atoms with Crippen LogP contribution >= 0.6 is 11.8 Å². The molecule has 2 aromatic rings. The van der Waals surface area contributed by atoms with Crippen molar-refractivity contribution in [3.8, 4) is 0 Å². The number of aliphatic carboxylic acids is 1. The summed E-state index contributed by atoms with van der Waals surface area (Å²) >= 11 is 1.15. The number of hydrogen-bond acceptors (Lipinski definition) is 3. The van der Waals surface area contributed by atoms with Crippen LogP contribution in [0.25, 0.3) is 11.0 Å². The topological polar surface area (TPSA) is 55.1 Å². The van der Waals surface area contributed by atoms with E-state index in [4.69, 9.17) is 5.11 Å². The molecule has 0 radical (unpaired) electrons. The molecule has 1 N–H and O–H groups in total. The van der Waals surface area contributed by atoms with Gasteiger partial charge in [0.05, 0.1) is 16.8 Å². The van der Waals surface area contributed by atoms with Crippen LogP contribution in [0, 0.1) is 12.7 Å². The van der Waals surface area contributed by atoms with Crippen LogP contribution in [0.3, 0.4) is 0 Å². The van der Waals surface area contributed by atoms with Crippen molar-refractivity contribution in [1.82, 2.24) is 9.55 Å². The zero-order chi connectivity index (χ0) is 15.1. The maximum absolute atomic E-state index is 13.7. The molecule has 20 heavy (non-hydrogen) atoms. The number of hydrogen-bond donors (Lipinski definition) is 1. The summed E-state index contributed by atoms with van der Waals surface area (Å²) in [6.45, 7) is 7.74. The Balaban J connectivity index is 2.64. The first-order valence-corrected chi connectivity index (χ1v) is 7.22. The molecular weight excluding hydrogens is 279 g/mol. The number of imidazole rings is 1. The van der Waals surface area contributed by atoms with E-state index in [1.165, 1.54) is 6.07 Å². The maximum Gasteiger partial charge on any atom is 0.313 e. The molecule has 0 saturated carbocycles. The number of carboxylic acids is 1. The number of nitrogens with zero attached hydrogens (tertiary/aromatic N) is 2. The highest BCUT2D eigenvalue weighted by molar-refractivity contribution is 7.99. The van der Waals surface area contributed by atoms with Gasteiger partial charge in [0, 0.05) is 11.6 Å². The Labute approximate surface area is 121 Å².